The molecular weight excluding hydrogens is 196 g/mol. The van der Waals surface area contributed by atoms with Crippen molar-refractivity contribution < 1.29 is 0 Å². The smallest absolute Gasteiger partial charge is 0.0300 e. The number of hydrogen-bond acceptors (Lipinski definition) is 2. The molecule has 0 bridgehead atoms. The number of pyridine rings is 1. The zero-order valence-electron chi connectivity index (χ0n) is 8.71. The summed E-state index contributed by atoms with van der Waals surface area (Å²) >= 11 is 0. The van der Waals surface area contributed by atoms with Crippen LogP contribution in [0, 0.1) is 13.8 Å². The normalized spacial score (nSPS) is 20.6. The first-order chi connectivity index (χ1) is 6.29. The average molecular weight is 213 g/mol. The Morgan fingerprint density at radius 1 is 1.29 bits per heavy atom. The van der Waals surface area contributed by atoms with Crippen molar-refractivity contribution in [2.75, 3.05) is 13.1 Å². The number of halogens is 1. The summed E-state index contributed by atoms with van der Waals surface area (Å²) in [5.74, 6) is 0.711. The van der Waals surface area contributed by atoms with E-state index in [1.165, 1.54) is 23.1 Å². The summed E-state index contributed by atoms with van der Waals surface area (Å²) in [5, 5.41) is 3.40. The van der Waals surface area contributed by atoms with Crippen molar-refractivity contribution in [2.45, 2.75) is 26.2 Å². The molecule has 3 heteroatoms. The summed E-state index contributed by atoms with van der Waals surface area (Å²) in [6.45, 7) is 6.61. The number of nitrogens with one attached hydrogen (secondary N) is 1. The molecule has 78 valence electrons. The highest BCUT2D eigenvalue weighted by Gasteiger charge is 2.19. The summed E-state index contributed by atoms with van der Waals surface area (Å²) in [5.41, 5.74) is 4.20. The van der Waals surface area contributed by atoms with E-state index in [1.807, 2.05) is 12.4 Å². The van der Waals surface area contributed by atoms with Crippen LogP contribution in [0.2, 0.25) is 0 Å². The van der Waals surface area contributed by atoms with Crippen LogP contribution in [0.4, 0.5) is 0 Å². The fraction of sp³-hybridized carbons (Fsp3) is 0.545. The lowest BCUT2D eigenvalue weighted by atomic mass is 9.92. The second-order valence-corrected chi connectivity index (χ2v) is 3.88. The van der Waals surface area contributed by atoms with Crippen molar-refractivity contribution in [1.82, 2.24) is 10.3 Å². The van der Waals surface area contributed by atoms with Gasteiger partial charge < -0.3 is 5.32 Å². The molecule has 1 atom stereocenters. The summed E-state index contributed by atoms with van der Waals surface area (Å²) in [6.07, 6.45) is 5.22. The van der Waals surface area contributed by atoms with Crippen LogP contribution in [-0.2, 0) is 0 Å². The van der Waals surface area contributed by atoms with Gasteiger partial charge in [-0.1, -0.05) is 0 Å². The molecule has 0 aliphatic carbocycles. The molecule has 0 saturated carbocycles. The fourth-order valence-corrected chi connectivity index (χ4v) is 2.26. The Morgan fingerprint density at radius 2 is 1.93 bits per heavy atom. The van der Waals surface area contributed by atoms with Crippen molar-refractivity contribution in [3.05, 3.63) is 29.1 Å². The molecule has 1 saturated heterocycles. The number of hydrogen-bond donors (Lipinski definition) is 1. The van der Waals surface area contributed by atoms with E-state index in [4.69, 9.17) is 0 Å². The molecule has 0 radical (unpaired) electrons. The lowest BCUT2D eigenvalue weighted by Gasteiger charge is -2.14. The van der Waals surface area contributed by atoms with Crippen LogP contribution in [0.3, 0.4) is 0 Å². The van der Waals surface area contributed by atoms with Gasteiger partial charge in [0.25, 0.3) is 0 Å². The number of rotatable bonds is 1. The molecule has 1 N–H and O–H groups in total. The van der Waals surface area contributed by atoms with Crippen LogP contribution in [-0.4, -0.2) is 18.1 Å². The molecule has 2 rings (SSSR count). The lowest BCUT2D eigenvalue weighted by molar-refractivity contribution is 0.748. The molecule has 2 heterocycles. The molecule has 1 fully saturated rings. The van der Waals surface area contributed by atoms with E-state index in [-0.39, 0.29) is 12.4 Å². The zero-order chi connectivity index (χ0) is 9.26. The van der Waals surface area contributed by atoms with Crippen LogP contribution in [0.5, 0.6) is 0 Å². The summed E-state index contributed by atoms with van der Waals surface area (Å²) in [6, 6.07) is 0. The average Bonchev–Trinajstić information content (AvgIpc) is 2.57. The zero-order valence-corrected chi connectivity index (χ0v) is 9.53. The van der Waals surface area contributed by atoms with Gasteiger partial charge in [-0.2, -0.15) is 0 Å². The van der Waals surface area contributed by atoms with Crippen molar-refractivity contribution in [3.8, 4) is 0 Å². The molecule has 1 aliphatic heterocycles. The second-order valence-electron chi connectivity index (χ2n) is 3.88. The van der Waals surface area contributed by atoms with Gasteiger partial charge in [-0.3, -0.25) is 4.98 Å². The summed E-state index contributed by atoms with van der Waals surface area (Å²) < 4.78 is 0. The molecule has 1 aromatic heterocycles. The molecule has 14 heavy (non-hydrogen) atoms. The van der Waals surface area contributed by atoms with Gasteiger partial charge in [-0.05, 0) is 49.4 Å². The minimum Gasteiger partial charge on any atom is -0.316 e. The van der Waals surface area contributed by atoms with Gasteiger partial charge in [0, 0.05) is 18.9 Å². The van der Waals surface area contributed by atoms with Gasteiger partial charge in [0.1, 0.15) is 0 Å². The van der Waals surface area contributed by atoms with Gasteiger partial charge in [-0.25, -0.2) is 0 Å². The lowest BCUT2D eigenvalue weighted by Crippen LogP contribution is -2.10. The quantitative estimate of drug-likeness (QED) is 0.772. The van der Waals surface area contributed by atoms with Crippen molar-refractivity contribution in [1.29, 1.82) is 0 Å². The van der Waals surface area contributed by atoms with E-state index in [0.717, 1.165) is 13.1 Å². The SMILES string of the molecule is Cc1cncc(C)c1C1CCNC1.Cl. The number of aryl methyl sites for hydroxylation is 2. The van der Waals surface area contributed by atoms with Crippen molar-refractivity contribution >= 4 is 12.4 Å². The highest BCUT2D eigenvalue weighted by molar-refractivity contribution is 5.85. The number of aromatic nitrogens is 1. The molecule has 0 amide bonds. The molecule has 2 nitrogen and oxygen atoms in total. The van der Waals surface area contributed by atoms with Gasteiger partial charge >= 0.3 is 0 Å². The van der Waals surface area contributed by atoms with Gasteiger partial charge in [-0.15, -0.1) is 12.4 Å². The van der Waals surface area contributed by atoms with Gasteiger partial charge in [0.2, 0.25) is 0 Å². The van der Waals surface area contributed by atoms with E-state index < -0.39 is 0 Å². The first kappa shape index (κ1) is 11.5. The highest BCUT2D eigenvalue weighted by atomic mass is 35.5. The van der Waals surface area contributed by atoms with Gasteiger partial charge in [0.15, 0.2) is 0 Å². The van der Waals surface area contributed by atoms with Crippen molar-refractivity contribution in [2.24, 2.45) is 0 Å². The Bertz CT molecular complexity index is 286. The van der Waals surface area contributed by atoms with E-state index in [1.54, 1.807) is 0 Å². The molecule has 1 aromatic rings. The van der Waals surface area contributed by atoms with Crippen LogP contribution in [0.1, 0.15) is 29.0 Å². The van der Waals surface area contributed by atoms with Crippen LogP contribution >= 0.6 is 12.4 Å². The molecular formula is C11H17ClN2. The maximum absolute atomic E-state index is 4.20. The Kier molecular flexibility index (Phi) is 3.90. The molecule has 0 spiro atoms. The third kappa shape index (κ3) is 2.07. The van der Waals surface area contributed by atoms with E-state index in [0.29, 0.717) is 5.92 Å². The standard InChI is InChI=1S/C11H16N2.ClH/c1-8-5-13-6-9(2)11(8)10-3-4-12-7-10;/h5-6,10,12H,3-4,7H2,1-2H3;1H. The van der Waals surface area contributed by atoms with E-state index in [2.05, 4.69) is 24.1 Å². The Labute approximate surface area is 91.5 Å². The second kappa shape index (κ2) is 4.76. The van der Waals surface area contributed by atoms with Crippen LogP contribution < -0.4 is 5.32 Å². The predicted molar refractivity (Wildman–Crippen MR) is 61.2 cm³/mol. The third-order valence-electron chi connectivity index (χ3n) is 2.85. The van der Waals surface area contributed by atoms with E-state index in [9.17, 15) is 0 Å². The third-order valence-corrected chi connectivity index (χ3v) is 2.85. The summed E-state index contributed by atoms with van der Waals surface area (Å²) in [7, 11) is 0. The minimum absolute atomic E-state index is 0. The first-order valence-corrected chi connectivity index (χ1v) is 4.91. The van der Waals surface area contributed by atoms with Crippen LogP contribution in [0.25, 0.3) is 0 Å². The molecule has 1 aliphatic rings. The largest absolute Gasteiger partial charge is 0.316 e. The Balaban J connectivity index is 0.000000980. The maximum atomic E-state index is 4.20. The first-order valence-electron chi connectivity index (χ1n) is 4.91. The fourth-order valence-electron chi connectivity index (χ4n) is 2.26. The summed E-state index contributed by atoms with van der Waals surface area (Å²) in [4.78, 5) is 4.20. The number of nitrogens with zero attached hydrogens (tertiary/aromatic N) is 1. The van der Waals surface area contributed by atoms with Crippen molar-refractivity contribution in [3.63, 3.8) is 0 Å². The maximum Gasteiger partial charge on any atom is 0.0300 e. The molecule has 0 aromatic carbocycles. The van der Waals surface area contributed by atoms with E-state index >= 15 is 0 Å². The predicted octanol–water partition coefficient (Wildman–Crippen LogP) is 2.20. The van der Waals surface area contributed by atoms with Crippen LogP contribution in [0.15, 0.2) is 12.4 Å². The molecule has 1 unspecified atom stereocenters. The Morgan fingerprint density at radius 3 is 2.43 bits per heavy atom. The van der Waals surface area contributed by atoms with Gasteiger partial charge in [0.05, 0.1) is 0 Å². The highest BCUT2D eigenvalue weighted by Crippen LogP contribution is 2.27. The monoisotopic (exact) mass is 212 g/mol. The topological polar surface area (TPSA) is 24.9 Å². The minimum atomic E-state index is 0. The Hall–Kier alpha value is -0.600.